The topological polar surface area (TPSA) is 149 Å². The minimum absolute atomic E-state index is 0.159. The molecular formula is C35H69NO14. The van der Waals surface area contributed by atoms with Crippen molar-refractivity contribution in [2.75, 3.05) is 172 Å². The Kier molecular flexibility index (Phi) is 38.2. The zero-order valence-corrected chi connectivity index (χ0v) is 30.9. The van der Waals surface area contributed by atoms with Crippen molar-refractivity contribution in [2.45, 2.75) is 51.6 Å². The highest BCUT2D eigenvalue weighted by Gasteiger charge is 2.12. The number of hydrogen-bond acceptors (Lipinski definition) is 15. The molecule has 0 aliphatic carbocycles. The normalized spacial score (nSPS) is 13.7. The second-order valence-electron chi connectivity index (χ2n) is 11.2. The van der Waals surface area contributed by atoms with Crippen molar-refractivity contribution in [2.24, 2.45) is 0 Å². The van der Waals surface area contributed by atoms with E-state index in [1.165, 1.54) is 0 Å². The number of unbranched alkanes of at least 4 members (excludes halogenated alkanes) is 2. The third-order valence-corrected chi connectivity index (χ3v) is 7.06. The average molecular weight is 728 g/mol. The van der Waals surface area contributed by atoms with Gasteiger partial charge in [0.1, 0.15) is 6.61 Å². The molecule has 0 amide bonds. The van der Waals surface area contributed by atoms with E-state index < -0.39 is 0 Å². The molecular weight excluding hydrogens is 658 g/mol. The molecule has 0 spiro atoms. The van der Waals surface area contributed by atoms with Crippen molar-refractivity contribution in [3.8, 4) is 0 Å². The van der Waals surface area contributed by atoms with Crippen molar-refractivity contribution >= 4 is 5.97 Å². The molecule has 0 aromatic rings. The maximum Gasteiger partial charge on any atom is 0.305 e. The molecule has 1 saturated heterocycles. The Morgan fingerprint density at radius 2 is 0.740 bits per heavy atom. The number of rotatable bonds is 41. The van der Waals surface area contributed by atoms with Gasteiger partial charge in [-0.3, -0.25) is 4.79 Å². The van der Waals surface area contributed by atoms with Crippen molar-refractivity contribution < 1.29 is 66.4 Å². The standard InChI is InChI=1S/C35H69NO14/c1-2-3-4-5-35(37)50-33-31-48-29-27-46-25-23-44-21-19-42-17-15-40-13-11-38-10-12-39-14-16-41-18-20-43-22-24-45-26-28-47-30-32-49-34-6-8-36-9-7-34/h34,36H,2-33H2,1H3. The highest BCUT2D eigenvalue weighted by molar-refractivity contribution is 5.69. The zero-order chi connectivity index (χ0) is 35.7. The van der Waals surface area contributed by atoms with Gasteiger partial charge in [0.2, 0.25) is 0 Å². The Morgan fingerprint density at radius 1 is 0.440 bits per heavy atom. The predicted octanol–water partition coefficient (Wildman–Crippen LogP) is 2.06. The number of nitrogens with one attached hydrogen (secondary N) is 1. The lowest BCUT2D eigenvalue weighted by Gasteiger charge is -2.22. The van der Waals surface area contributed by atoms with Crippen LogP contribution < -0.4 is 5.32 Å². The quantitative estimate of drug-likeness (QED) is 0.0723. The molecule has 0 aromatic carbocycles. The molecule has 1 rings (SSSR count). The van der Waals surface area contributed by atoms with E-state index in [0.29, 0.717) is 164 Å². The van der Waals surface area contributed by atoms with Crippen molar-refractivity contribution in [3.63, 3.8) is 0 Å². The molecule has 0 unspecified atom stereocenters. The van der Waals surface area contributed by atoms with Crippen LogP contribution in [-0.2, 0) is 66.4 Å². The molecule has 0 bridgehead atoms. The number of carbonyl (C=O) groups is 1. The summed E-state index contributed by atoms with van der Waals surface area (Å²) in [5.41, 5.74) is 0. The van der Waals surface area contributed by atoms with Gasteiger partial charge >= 0.3 is 5.97 Å². The molecule has 15 nitrogen and oxygen atoms in total. The summed E-state index contributed by atoms with van der Waals surface area (Å²) in [6, 6.07) is 0. The van der Waals surface area contributed by atoms with Crippen LogP contribution in [0.5, 0.6) is 0 Å². The lowest BCUT2D eigenvalue weighted by Crippen LogP contribution is -2.33. The lowest BCUT2D eigenvalue weighted by molar-refractivity contribution is -0.145. The van der Waals surface area contributed by atoms with Crippen LogP contribution in [0.2, 0.25) is 0 Å². The Morgan fingerprint density at radius 3 is 1.06 bits per heavy atom. The first kappa shape index (κ1) is 47.0. The molecule has 1 aliphatic heterocycles. The van der Waals surface area contributed by atoms with Gasteiger partial charge < -0.3 is 66.9 Å². The van der Waals surface area contributed by atoms with Gasteiger partial charge in [0, 0.05) is 6.42 Å². The SMILES string of the molecule is CCCCCC(=O)OCCOCCOCCOCCOCCOCCOCCOCCOCCOCCOCCOCCOC1CCNCC1. The summed E-state index contributed by atoms with van der Waals surface area (Å²) < 4.78 is 71.2. The molecule has 50 heavy (non-hydrogen) atoms. The van der Waals surface area contributed by atoms with Gasteiger partial charge in [-0.05, 0) is 32.4 Å². The molecule has 0 radical (unpaired) electrons. The van der Waals surface area contributed by atoms with E-state index in [9.17, 15) is 4.79 Å². The second kappa shape index (κ2) is 40.7. The van der Waals surface area contributed by atoms with E-state index >= 15 is 0 Å². The first-order valence-electron chi connectivity index (χ1n) is 18.7. The Labute approximate surface area is 300 Å². The van der Waals surface area contributed by atoms with Gasteiger partial charge in [-0.1, -0.05) is 19.8 Å². The van der Waals surface area contributed by atoms with E-state index in [4.69, 9.17) is 61.6 Å². The van der Waals surface area contributed by atoms with Crippen LogP contribution in [0.1, 0.15) is 45.4 Å². The molecule has 15 heteroatoms. The number of hydrogen-bond donors (Lipinski definition) is 1. The third-order valence-electron chi connectivity index (χ3n) is 7.06. The van der Waals surface area contributed by atoms with E-state index in [0.717, 1.165) is 45.2 Å². The fraction of sp³-hybridized carbons (Fsp3) is 0.971. The molecule has 0 atom stereocenters. The summed E-state index contributed by atoms with van der Waals surface area (Å²) in [5.74, 6) is -0.159. The van der Waals surface area contributed by atoms with Crippen LogP contribution in [0.15, 0.2) is 0 Å². The fourth-order valence-corrected chi connectivity index (χ4v) is 4.34. The average Bonchev–Trinajstić information content (AvgIpc) is 3.13. The molecule has 1 N–H and O–H groups in total. The molecule has 1 fully saturated rings. The van der Waals surface area contributed by atoms with Gasteiger partial charge in [0.05, 0.1) is 158 Å². The predicted molar refractivity (Wildman–Crippen MR) is 186 cm³/mol. The van der Waals surface area contributed by atoms with Gasteiger partial charge in [0.25, 0.3) is 0 Å². The molecule has 1 heterocycles. The maximum absolute atomic E-state index is 11.5. The van der Waals surface area contributed by atoms with Crippen LogP contribution in [0.25, 0.3) is 0 Å². The van der Waals surface area contributed by atoms with Gasteiger partial charge in [-0.25, -0.2) is 0 Å². The summed E-state index contributed by atoms with van der Waals surface area (Å²) in [6.45, 7) is 16.2. The third kappa shape index (κ3) is 36.7. The van der Waals surface area contributed by atoms with Crippen molar-refractivity contribution in [3.05, 3.63) is 0 Å². The highest BCUT2D eigenvalue weighted by atomic mass is 16.6. The van der Waals surface area contributed by atoms with Gasteiger partial charge in [0.15, 0.2) is 0 Å². The minimum Gasteiger partial charge on any atom is -0.463 e. The van der Waals surface area contributed by atoms with E-state index in [2.05, 4.69) is 12.2 Å². The monoisotopic (exact) mass is 727 g/mol. The van der Waals surface area contributed by atoms with E-state index in [1.54, 1.807) is 0 Å². The summed E-state index contributed by atoms with van der Waals surface area (Å²) in [5, 5.41) is 3.33. The van der Waals surface area contributed by atoms with Gasteiger partial charge in [-0.15, -0.1) is 0 Å². The van der Waals surface area contributed by atoms with Crippen LogP contribution >= 0.6 is 0 Å². The summed E-state index contributed by atoms with van der Waals surface area (Å²) in [4.78, 5) is 11.5. The largest absolute Gasteiger partial charge is 0.463 e. The minimum atomic E-state index is -0.159. The Bertz CT molecular complexity index is 675. The van der Waals surface area contributed by atoms with E-state index in [-0.39, 0.29) is 12.6 Å². The smallest absolute Gasteiger partial charge is 0.305 e. The van der Waals surface area contributed by atoms with Crippen LogP contribution in [-0.4, -0.2) is 184 Å². The molecule has 0 saturated carbocycles. The van der Waals surface area contributed by atoms with Gasteiger partial charge in [-0.2, -0.15) is 0 Å². The summed E-state index contributed by atoms with van der Waals surface area (Å²) in [6.07, 6.45) is 6.02. The zero-order valence-electron chi connectivity index (χ0n) is 30.9. The Balaban J connectivity index is 1.61. The van der Waals surface area contributed by atoms with Crippen LogP contribution in [0.3, 0.4) is 0 Å². The van der Waals surface area contributed by atoms with Crippen molar-refractivity contribution in [1.82, 2.24) is 5.32 Å². The number of carbonyl (C=O) groups excluding carboxylic acids is 1. The molecule has 298 valence electrons. The van der Waals surface area contributed by atoms with Crippen LogP contribution in [0.4, 0.5) is 0 Å². The highest BCUT2D eigenvalue weighted by Crippen LogP contribution is 2.06. The van der Waals surface area contributed by atoms with Crippen molar-refractivity contribution in [1.29, 1.82) is 0 Å². The summed E-state index contributed by atoms with van der Waals surface area (Å²) in [7, 11) is 0. The van der Waals surface area contributed by atoms with E-state index in [1.807, 2.05) is 0 Å². The lowest BCUT2D eigenvalue weighted by atomic mass is 10.1. The molecule has 0 aromatic heterocycles. The number of piperidine rings is 1. The first-order chi connectivity index (χ1) is 24.8. The second-order valence-corrected chi connectivity index (χ2v) is 11.2. The molecule has 1 aliphatic rings. The first-order valence-corrected chi connectivity index (χ1v) is 18.7. The maximum atomic E-state index is 11.5. The van der Waals surface area contributed by atoms with Crippen LogP contribution in [0, 0.1) is 0 Å². The number of esters is 1. The number of ether oxygens (including phenoxy) is 13. The summed E-state index contributed by atoms with van der Waals surface area (Å²) >= 11 is 0. The fourth-order valence-electron chi connectivity index (χ4n) is 4.34. The Hall–Kier alpha value is -1.05.